The first-order valence-electron chi connectivity index (χ1n) is 22.3. The van der Waals surface area contributed by atoms with Gasteiger partial charge in [0.2, 0.25) is 0 Å². The summed E-state index contributed by atoms with van der Waals surface area (Å²) in [5.74, 6) is 0. The Morgan fingerprint density at radius 3 is 0.907 bits per heavy atom. The fourth-order valence-electron chi connectivity index (χ4n) is 6.49. The summed E-state index contributed by atoms with van der Waals surface area (Å²) in [6, 6.07) is 91.4. The molecule has 0 radical (unpaired) electrons. The summed E-state index contributed by atoms with van der Waals surface area (Å²) < 4.78 is 1.02. The van der Waals surface area contributed by atoms with E-state index in [-0.39, 0.29) is 83.0 Å². The van der Waals surface area contributed by atoms with Crippen LogP contribution in [0.4, 0.5) is 0 Å². The van der Waals surface area contributed by atoms with Crippen LogP contribution in [0.25, 0.3) is 11.1 Å². The van der Waals surface area contributed by atoms with Crippen molar-refractivity contribution in [3.05, 3.63) is 296 Å². The molecule has 10 rings (SSSR count). The predicted octanol–water partition coefficient (Wildman–Crippen LogP) is 4.78. The molecule has 0 bridgehead atoms. The predicted molar refractivity (Wildman–Crippen MR) is 308 cm³/mol. The Morgan fingerprint density at radius 2 is 0.707 bits per heavy atom. The maximum atomic E-state index is 8.64. The van der Waals surface area contributed by atoms with Crippen LogP contribution < -0.4 is 102 Å². The Morgan fingerprint density at radius 1 is 0.453 bits per heavy atom. The Labute approximate surface area is 514 Å². The number of nitrogens with zero attached hydrogens (tertiary/aromatic N) is 2. The van der Waals surface area contributed by atoms with Gasteiger partial charge in [-0.05, 0) is 98.4 Å². The third-order valence-electron chi connectivity index (χ3n) is 9.62. The van der Waals surface area contributed by atoms with Gasteiger partial charge in [0.25, 0.3) is 6.47 Å². The molecule has 16 heteroatoms. The number of hydrogen-bond acceptors (Lipinski definition) is 7. The number of aromatic nitrogens is 2. The molecule has 2 N–H and O–H groups in total. The molecule has 0 atom stereocenters. The van der Waals surface area contributed by atoms with Crippen molar-refractivity contribution in [3.63, 3.8) is 0 Å². The number of carbonyl (C=O) groups excluding carboxylic acids is 1. The Hall–Kier alpha value is -3.94. The first-order chi connectivity index (χ1) is 35.9. The summed E-state index contributed by atoms with van der Waals surface area (Å²) in [5.41, 5.74) is 2.90. The summed E-state index contributed by atoms with van der Waals surface area (Å²) in [5, 5.41) is 34.0. The molecule has 0 aliphatic heterocycles. The third kappa shape index (κ3) is 27.3. The molecule has 0 spiro atoms. The van der Waals surface area contributed by atoms with E-state index in [1.165, 1.54) is 37.4 Å². The van der Waals surface area contributed by atoms with Crippen molar-refractivity contribution in [2.75, 3.05) is 0 Å². The van der Waals surface area contributed by atoms with E-state index < -0.39 is 23.0 Å². The van der Waals surface area contributed by atoms with Crippen LogP contribution in [0.3, 0.4) is 0 Å². The maximum absolute atomic E-state index is 8.64. The van der Waals surface area contributed by atoms with Crippen molar-refractivity contribution >= 4 is 102 Å². The van der Waals surface area contributed by atoms with E-state index in [1.54, 1.807) is 42.9 Å². The van der Waals surface area contributed by atoms with E-state index >= 15 is 0 Å². The van der Waals surface area contributed by atoms with Crippen molar-refractivity contribution in [1.82, 2.24) is 9.97 Å². The number of pyridine rings is 2. The van der Waals surface area contributed by atoms with Crippen LogP contribution in [0.1, 0.15) is 1.43 Å². The topological polar surface area (TPSA) is 116 Å². The second kappa shape index (κ2) is 43.1. The van der Waals surface area contributed by atoms with Gasteiger partial charge in [-0.25, -0.2) is 0 Å². The Kier molecular flexibility index (Phi) is 38.6. The van der Waals surface area contributed by atoms with Gasteiger partial charge in [0, 0.05) is 29.3 Å². The maximum Gasteiger partial charge on any atom is 1.00 e. The van der Waals surface area contributed by atoms with Gasteiger partial charge in [-0.2, -0.15) is 0 Å². The minimum Gasteiger partial charge on any atom is -1.00 e. The zero-order valence-corrected chi connectivity index (χ0v) is 51.7. The fourth-order valence-corrected chi connectivity index (χ4v) is 11.4. The molecule has 75 heavy (non-hydrogen) atoms. The van der Waals surface area contributed by atoms with Gasteiger partial charge in [-0.1, -0.05) is 249 Å². The molecule has 374 valence electrons. The smallest absolute Gasteiger partial charge is 1.00 e. The van der Waals surface area contributed by atoms with Crippen molar-refractivity contribution in [2.45, 2.75) is 0 Å². The zero-order valence-electron chi connectivity index (χ0n) is 42.2. The average molecular weight is 1250 g/mol. The van der Waals surface area contributed by atoms with Gasteiger partial charge in [-0.15, -0.1) is 0 Å². The number of carbonyl (C=O) groups is 1. The molecule has 0 amide bonds. The van der Waals surface area contributed by atoms with Crippen LogP contribution in [0.5, 0.6) is 0 Å². The molecule has 0 aliphatic carbocycles. The molecule has 8 aromatic carbocycles. The standard InChI is InChI=1S/2C18H15P.C11H9N.C6H7BO2.C5H4BrN.CH2O3.2ClH.2Na.Pd.H/c2*1-4-10-16(11-5-1)19(17-12-6-2-7-13-17)18-14-8-3-9-15-18;1-2-5-10(6-3-1)11-7-4-8-12-9-11;8-7(9)6-4-2-1-3-5-6;6-5-2-1-3-7-4-5;2-1-4-3;;;;;;/h2*1-15H;1-9H;1-5,8-9H;1-4H;1,3H;2*1H;;;;/q;;;;;;;;2*+1;+2;-1/p-3. The van der Waals surface area contributed by atoms with Crippen LogP contribution in [0, 0.1) is 0 Å². The summed E-state index contributed by atoms with van der Waals surface area (Å²) in [4.78, 5) is 19.1. The second-order valence-corrected chi connectivity index (χ2v) is 22.2. The Bertz CT molecular complexity index is 2560. The van der Waals surface area contributed by atoms with Gasteiger partial charge in [-0.3, -0.25) is 14.8 Å². The van der Waals surface area contributed by atoms with Crippen molar-refractivity contribution in [1.29, 1.82) is 0 Å². The van der Waals surface area contributed by atoms with Gasteiger partial charge < -0.3 is 21.6 Å². The summed E-state index contributed by atoms with van der Waals surface area (Å²) >= 11 is 3.14. The molecule has 10 aromatic rings. The number of halogens is 3. The number of benzene rings is 8. The van der Waals surface area contributed by atoms with Gasteiger partial charge >= 0.3 is 101 Å². The zero-order chi connectivity index (χ0) is 52.0. The van der Waals surface area contributed by atoms with Gasteiger partial charge in [0.05, 0.1) is 0 Å². The van der Waals surface area contributed by atoms with E-state index in [9.17, 15) is 0 Å². The molecule has 7 nitrogen and oxygen atoms in total. The SMILES string of the molecule is Brc1cccnc1.O=CO[O-].OB(O)c1ccccc1.[Cl][Pd][Cl].[H-].[Na+].[Na+].c1ccc(-c2cccnc2)cc1.c1ccc(P(c2ccccc2)c2ccccc2)cc1.c1ccc(P(c2ccccc2)c2ccccc2)cc1. The molecular formula is C59H52BBrCl2N2Na2O5P2Pd. The van der Waals surface area contributed by atoms with E-state index in [0.717, 1.165) is 10.0 Å². The summed E-state index contributed by atoms with van der Waals surface area (Å²) in [6.45, 7) is -0.181. The molecule has 0 unspecified atom stereocenters. The molecule has 0 aliphatic rings. The van der Waals surface area contributed by atoms with Crippen LogP contribution in [-0.4, -0.2) is 33.6 Å². The first kappa shape index (κ1) is 67.2. The van der Waals surface area contributed by atoms with Crippen LogP contribution in [0.15, 0.2) is 296 Å². The number of rotatable bonds is 9. The van der Waals surface area contributed by atoms with Crippen LogP contribution >= 0.6 is 50.8 Å². The normalized spacial score (nSPS) is 9.39. The Balaban J connectivity index is 0.000000473. The average Bonchev–Trinajstić information content (AvgIpc) is 3.47. The molecular weight excluding hydrogens is 1190 g/mol. The third-order valence-corrected chi connectivity index (χ3v) is 15.0. The largest absolute Gasteiger partial charge is 1.00 e. The number of hydrogen-bond donors (Lipinski definition) is 2. The van der Waals surface area contributed by atoms with Gasteiger partial charge in [0.15, 0.2) is 0 Å². The molecule has 2 aromatic heterocycles. The van der Waals surface area contributed by atoms with E-state index in [0.29, 0.717) is 5.46 Å². The van der Waals surface area contributed by atoms with Crippen molar-refractivity contribution in [3.8, 4) is 11.1 Å². The first-order valence-corrected chi connectivity index (χ1v) is 29.7. The monoisotopic (exact) mass is 1240 g/mol. The minimum atomic E-state index is -1.34. The molecule has 0 saturated heterocycles. The minimum absolute atomic E-state index is 0. The van der Waals surface area contributed by atoms with Crippen molar-refractivity contribution in [2.24, 2.45) is 0 Å². The van der Waals surface area contributed by atoms with Crippen LogP contribution in [-0.2, 0) is 25.6 Å². The fraction of sp³-hybridized carbons (Fsp3) is 0. The van der Waals surface area contributed by atoms with E-state index in [2.05, 4.69) is 231 Å². The molecule has 0 saturated carbocycles. The summed E-state index contributed by atoms with van der Waals surface area (Å²) in [6.07, 6.45) is 7.15. The second-order valence-electron chi connectivity index (χ2n) is 14.5. The van der Waals surface area contributed by atoms with E-state index in [4.69, 9.17) is 39.2 Å². The van der Waals surface area contributed by atoms with E-state index in [1.807, 2.05) is 48.7 Å². The molecule has 0 fully saturated rings. The van der Waals surface area contributed by atoms with Crippen LogP contribution in [0.2, 0.25) is 0 Å². The van der Waals surface area contributed by atoms with Crippen molar-refractivity contribution < 1.29 is 101 Å². The summed E-state index contributed by atoms with van der Waals surface area (Å²) in [7, 11) is 7.39. The quantitative estimate of drug-likeness (QED) is 0.0704. The van der Waals surface area contributed by atoms with Gasteiger partial charge in [0.1, 0.15) is 0 Å². The molecule has 2 heterocycles.